The fourth-order valence-electron chi connectivity index (χ4n) is 2.72. The van der Waals surface area contributed by atoms with Crippen molar-refractivity contribution >= 4 is 0 Å². The van der Waals surface area contributed by atoms with Gasteiger partial charge in [0.1, 0.15) is 6.33 Å². The first-order chi connectivity index (χ1) is 8.74. The number of rotatable bonds is 3. The first-order valence-electron chi connectivity index (χ1n) is 6.52. The molecule has 0 amide bonds. The third-order valence-electron chi connectivity index (χ3n) is 3.67. The molecule has 0 fully saturated rings. The summed E-state index contributed by atoms with van der Waals surface area (Å²) in [5.74, 6) is 0.903. The predicted octanol–water partition coefficient (Wildman–Crippen LogP) is 1.20. The van der Waals surface area contributed by atoms with Crippen molar-refractivity contribution < 1.29 is 0 Å². The number of nitrogens with two attached hydrogens (primary N) is 1. The Bertz CT molecular complexity index is 539. The lowest BCUT2D eigenvalue weighted by molar-refractivity contribution is 0.536. The van der Waals surface area contributed by atoms with Crippen LogP contribution >= 0.6 is 0 Å². The van der Waals surface area contributed by atoms with Crippen LogP contribution in [0.5, 0.6) is 0 Å². The molecule has 0 aromatic carbocycles. The van der Waals surface area contributed by atoms with E-state index in [1.54, 1.807) is 11.0 Å². The summed E-state index contributed by atoms with van der Waals surface area (Å²) in [6.45, 7) is 0.937. The second kappa shape index (κ2) is 4.57. The molecular formula is C13H19N5. The summed E-state index contributed by atoms with van der Waals surface area (Å²) in [5, 5.41) is 4.30. The molecule has 5 heteroatoms. The standard InChI is InChI=1S/C13H19N5/c1-17-9-15-13(16-17)6-8-18-7-5-10-11(14)3-2-4-12(10)18/h5,7,9,11H,2-4,6,8,14H2,1H3. The molecule has 0 saturated heterocycles. The lowest BCUT2D eigenvalue weighted by atomic mass is 9.94. The number of nitrogens with zero attached hydrogens (tertiary/aromatic N) is 4. The quantitative estimate of drug-likeness (QED) is 0.883. The van der Waals surface area contributed by atoms with Crippen LogP contribution in [0, 0.1) is 0 Å². The highest BCUT2D eigenvalue weighted by Crippen LogP contribution is 2.28. The Morgan fingerprint density at radius 2 is 2.39 bits per heavy atom. The summed E-state index contributed by atoms with van der Waals surface area (Å²) >= 11 is 0. The Hall–Kier alpha value is -1.62. The van der Waals surface area contributed by atoms with E-state index in [1.807, 2.05) is 7.05 Å². The first-order valence-corrected chi connectivity index (χ1v) is 6.52. The SMILES string of the molecule is Cn1cnc(CCn2ccc3c2CCCC3N)n1. The second-order valence-corrected chi connectivity index (χ2v) is 4.99. The van der Waals surface area contributed by atoms with Crippen molar-refractivity contribution in [2.75, 3.05) is 0 Å². The molecule has 2 aromatic rings. The highest BCUT2D eigenvalue weighted by Gasteiger charge is 2.19. The van der Waals surface area contributed by atoms with Crippen molar-refractivity contribution in [2.45, 2.75) is 38.3 Å². The number of aryl methyl sites for hydroxylation is 3. The van der Waals surface area contributed by atoms with Crippen LogP contribution in [0.4, 0.5) is 0 Å². The lowest BCUT2D eigenvalue weighted by Gasteiger charge is -2.20. The van der Waals surface area contributed by atoms with Crippen LogP contribution in [-0.4, -0.2) is 19.3 Å². The van der Waals surface area contributed by atoms with Crippen molar-refractivity contribution in [3.63, 3.8) is 0 Å². The van der Waals surface area contributed by atoms with Crippen molar-refractivity contribution in [2.24, 2.45) is 12.8 Å². The summed E-state index contributed by atoms with van der Waals surface area (Å²) in [4.78, 5) is 4.26. The number of hydrogen-bond acceptors (Lipinski definition) is 3. The zero-order valence-corrected chi connectivity index (χ0v) is 10.7. The molecule has 0 spiro atoms. The van der Waals surface area contributed by atoms with Crippen LogP contribution in [-0.2, 0) is 26.4 Å². The maximum Gasteiger partial charge on any atom is 0.152 e. The van der Waals surface area contributed by atoms with E-state index >= 15 is 0 Å². The molecule has 1 atom stereocenters. The zero-order valence-electron chi connectivity index (χ0n) is 10.7. The van der Waals surface area contributed by atoms with Crippen LogP contribution in [0.3, 0.4) is 0 Å². The molecule has 3 rings (SSSR count). The largest absolute Gasteiger partial charge is 0.351 e. The van der Waals surface area contributed by atoms with E-state index in [1.165, 1.54) is 17.7 Å². The Morgan fingerprint density at radius 3 is 3.17 bits per heavy atom. The molecule has 18 heavy (non-hydrogen) atoms. The molecule has 5 nitrogen and oxygen atoms in total. The van der Waals surface area contributed by atoms with Gasteiger partial charge < -0.3 is 10.3 Å². The van der Waals surface area contributed by atoms with Gasteiger partial charge in [-0.1, -0.05) is 0 Å². The molecule has 0 radical (unpaired) electrons. The van der Waals surface area contributed by atoms with Gasteiger partial charge in [-0.15, -0.1) is 0 Å². The fourth-order valence-corrected chi connectivity index (χ4v) is 2.72. The van der Waals surface area contributed by atoms with Gasteiger partial charge >= 0.3 is 0 Å². The highest BCUT2D eigenvalue weighted by molar-refractivity contribution is 5.28. The molecule has 0 bridgehead atoms. The maximum absolute atomic E-state index is 6.13. The van der Waals surface area contributed by atoms with E-state index in [2.05, 4.69) is 26.9 Å². The highest BCUT2D eigenvalue weighted by atomic mass is 15.3. The maximum atomic E-state index is 6.13. The second-order valence-electron chi connectivity index (χ2n) is 4.99. The number of hydrogen-bond donors (Lipinski definition) is 1. The van der Waals surface area contributed by atoms with Crippen LogP contribution in [0.1, 0.15) is 36.0 Å². The molecule has 96 valence electrons. The minimum Gasteiger partial charge on any atom is -0.351 e. The van der Waals surface area contributed by atoms with E-state index in [-0.39, 0.29) is 6.04 Å². The Balaban J connectivity index is 1.73. The van der Waals surface area contributed by atoms with E-state index in [0.717, 1.165) is 31.6 Å². The molecule has 0 aliphatic heterocycles. The molecule has 2 N–H and O–H groups in total. The molecule has 1 aliphatic carbocycles. The normalized spacial score (nSPS) is 18.9. The summed E-state index contributed by atoms with van der Waals surface area (Å²) in [6.07, 6.45) is 8.22. The van der Waals surface area contributed by atoms with Crippen molar-refractivity contribution in [1.82, 2.24) is 19.3 Å². The molecular weight excluding hydrogens is 226 g/mol. The van der Waals surface area contributed by atoms with Gasteiger partial charge in [-0.05, 0) is 30.9 Å². The summed E-state index contributed by atoms with van der Waals surface area (Å²) in [7, 11) is 1.90. The Labute approximate surface area is 107 Å². The van der Waals surface area contributed by atoms with Crippen molar-refractivity contribution in [3.05, 3.63) is 35.7 Å². The monoisotopic (exact) mass is 245 g/mol. The van der Waals surface area contributed by atoms with Gasteiger partial charge in [0.05, 0.1) is 0 Å². The van der Waals surface area contributed by atoms with Gasteiger partial charge in [0.25, 0.3) is 0 Å². The molecule has 1 aliphatic rings. The van der Waals surface area contributed by atoms with Crippen LogP contribution in [0.25, 0.3) is 0 Å². The summed E-state index contributed by atoms with van der Waals surface area (Å²) in [6, 6.07) is 2.40. The smallest absolute Gasteiger partial charge is 0.152 e. The van der Waals surface area contributed by atoms with Crippen molar-refractivity contribution in [1.29, 1.82) is 0 Å². The molecule has 2 aromatic heterocycles. The minimum absolute atomic E-state index is 0.225. The molecule has 0 saturated carbocycles. The van der Waals surface area contributed by atoms with E-state index < -0.39 is 0 Å². The van der Waals surface area contributed by atoms with Crippen LogP contribution in [0.15, 0.2) is 18.6 Å². The fraction of sp³-hybridized carbons (Fsp3) is 0.538. The molecule has 1 unspecified atom stereocenters. The van der Waals surface area contributed by atoms with Crippen LogP contribution in [0.2, 0.25) is 0 Å². The summed E-state index contributed by atoms with van der Waals surface area (Å²) in [5.41, 5.74) is 8.86. The molecule has 2 heterocycles. The van der Waals surface area contributed by atoms with E-state index in [0.29, 0.717) is 0 Å². The van der Waals surface area contributed by atoms with Crippen molar-refractivity contribution in [3.8, 4) is 0 Å². The van der Waals surface area contributed by atoms with E-state index in [4.69, 9.17) is 5.73 Å². The third-order valence-corrected chi connectivity index (χ3v) is 3.67. The van der Waals surface area contributed by atoms with Gasteiger partial charge in [0.2, 0.25) is 0 Å². The first kappa shape index (κ1) is 11.5. The van der Waals surface area contributed by atoms with Gasteiger partial charge in [0.15, 0.2) is 5.82 Å². The average Bonchev–Trinajstić information content (AvgIpc) is 2.94. The van der Waals surface area contributed by atoms with Gasteiger partial charge in [0, 0.05) is 37.9 Å². The Morgan fingerprint density at radius 1 is 1.50 bits per heavy atom. The minimum atomic E-state index is 0.225. The number of aromatic nitrogens is 4. The predicted molar refractivity (Wildman–Crippen MR) is 69.0 cm³/mol. The van der Waals surface area contributed by atoms with E-state index in [9.17, 15) is 0 Å². The van der Waals surface area contributed by atoms with Gasteiger partial charge in [-0.2, -0.15) is 5.10 Å². The lowest BCUT2D eigenvalue weighted by Crippen LogP contribution is -2.18. The zero-order chi connectivity index (χ0) is 12.5. The number of fused-ring (bicyclic) bond motifs is 1. The van der Waals surface area contributed by atoms with Gasteiger partial charge in [-0.3, -0.25) is 4.68 Å². The third kappa shape index (κ3) is 2.06. The Kier molecular flexibility index (Phi) is 2.91. The topological polar surface area (TPSA) is 61.7 Å². The average molecular weight is 245 g/mol. The summed E-state index contributed by atoms with van der Waals surface area (Å²) < 4.78 is 4.06. The van der Waals surface area contributed by atoms with Crippen LogP contribution < -0.4 is 5.73 Å². The van der Waals surface area contributed by atoms with Gasteiger partial charge in [-0.25, -0.2) is 4.98 Å².